The molecule has 3 heteroatoms. The average molecular weight is 842 g/mol. The summed E-state index contributed by atoms with van der Waals surface area (Å²) in [4.78, 5) is 10.8. The highest BCUT2D eigenvalue weighted by atomic mass is 15.0. The monoisotopic (exact) mass is 841 g/mol. The van der Waals surface area contributed by atoms with E-state index in [1.54, 1.807) is 0 Å². The van der Waals surface area contributed by atoms with E-state index in [1.165, 1.54) is 82.5 Å². The van der Waals surface area contributed by atoms with Crippen LogP contribution in [0.25, 0.3) is 116 Å². The van der Waals surface area contributed by atoms with Crippen LogP contribution in [0.2, 0.25) is 0 Å². The predicted octanol–water partition coefficient (Wildman–Crippen LogP) is 16.5. The molecule has 0 amide bonds. The lowest BCUT2D eigenvalue weighted by Crippen LogP contribution is -2.14. The maximum Gasteiger partial charge on any atom is 0.160 e. The van der Waals surface area contributed by atoms with Crippen molar-refractivity contribution in [2.45, 2.75) is 19.3 Å². The molecule has 13 rings (SSSR count). The SMILES string of the molecule is CC1(C)c2cc3ccccc3cc2-c2c(-c3cc(-c4ccc(-c5cccc(-c6cccc7c6c6ccccc6n7-c6ccccc6)c5)c5ccccc45)nc(-c4ccccc4)n3)cccc21. The molecule has 0 saturated heterocycles. The second-order valence-corrected chi connectivity index (χ2v) is 18.1. The number of hydrogen-bond acceptors (Lipinski definition) is 2. The molecule has 310 valence electrons. The van der Waals surface area contributed by atoms with Crippen LogP contribution in [-0.2, 0) is 5.41 Å². The third-order valence-corrected chi connectivity index (χ3v) is 14.0. The van der Waals surface area contributed by atoms with Crippen LogP contribution < -0.4 is 0 Å². The van der Waals surface area contributed by atoms with Crippen molar-refractivity contribution >= 4 is 43.4 Å². The second-order valence-electron chi connectivity index (χ2n) is 18.1. The number of nitrogens with zero attached hydrogens (tertiary/aromatic N) is 3. The van der Waals surface area contributed by atoms with E-state index >= 15 is 0 Å². The molecule has 0 radical (unpaired) electrons. The van der Waals surface area contributed by atoms with E-state index in [2.05, 4.69) is 237 Å². The fourth-order valence-corrected chi connectivity index (χ4v) is 10.9. The third-order valence-electron chi connectivity index (χ3n) is 14.0. The van der Waals surface area contributed by atoms with Gasteiger partial charge in [-0.05, 0) is 115 Å². The van der Waals surface area contributed by atoms with Gasteiger partial charge in [-0.15, -0.1) is 0 Å². The number of rotatable bonds is 6. The van der Waals surface area contributed by atoms with E-state index in [0.29, 0.717) is 5.82 Å². The quantitative estimate of drug-likeness (QED) is 0.167. The minimum atomic E-state index is -0.167. The summed E-state index contributed by atoms with van der Waals surface area (Å²) in [6, 6.07) is 81.4. The molecule has 0 aliphatic heterocycles. The van der Waals surface area contributed by atoms with Gasteiger partial charge in [0.2, 0.25) is 0 Å². The van der Waals surface area contributed by atoms with E-state index < -0.39 is 0 Å². The molecule has 0 fully saturated rings. The van der Waals surface area contributed by atoms with Crippen molar-refractivity contribution in [1.29, 1.82) is 0 Å². The molecule has 2 heterocycles. The van der Waals surface area contributed by atoms with Gasteiger partial charge in [0.1, 0.15) is 0 Å². The average Bonchev–Trinajstić information content (AvgIpc) is 3.83. The van der Waals surface area contributed by atoms with Crippen LogP contribution in [0.1, 0.15) is 25.0 Å². The standard InChI is InChI=1S/C63H43N3/c1-63(2)54-31-16-30-51(60(54)53-37-41-20-9-10-21-42(41)38-55(53)63)57-39-56(64-62(65-57)40-18-5-3-6-19-40)50-35-34-46(48-26-11-12-27-49(48)50)43-22-15-23-44(36-43)47-29-17-33-59-61(47)52-28-13-14-32-58(52)66(59)45-24-7-4-8-25-45/h3-39H,1-2H3. The molecule has 10 aromatic carbocycles. The summed E-state index contributed by atoms with van der Waals surface area (Å²) < 4.78 is 2.39. The Balaban J connectivity index is 0.973. The Bertz CT molecular complexity index is 3900. The van der Waals surface area contributed by atoms with E-state index in [0.717, 1.165) is 39.2 Å². The van der Waals surface area contributed by atoms with Gasteiger partial charge < -0.3 is 4.57 Å². The molecule has 0 saturated carbocycles. The minimum absolute atomic E-state index is 0.167. The zero-order chi connectivity index (χ0) is 43.9. The van der Waals surface area contributed by atoms with Gasteiger partial charge in [0.15, 0.2) is 5.82 Å². The minimum Gasteiger partial charge on any atom is -0.309 e. The normalized spacial score (nSPS) is 12.8. The van der Waals surface area contributed by atoms with Crippen LogP contribution in [0.4, 0.5) is 0 Å². The van der Waals surface area contributed by atoms with Gasteiger partial charge in [-0.25, -0.2) is 9.97 Å². The Hall–Kier alpha value is -8.40. The van der Waals surface area contributed by atoms with Gasteiger partial charge >= 0.3 is 0 Å². The van der Waals surface area contributed by atoms with Crippen LogP contribution >= 0.6 is 0 Å². The summed E-state index contributed by atoms with van der Waals surface area (Å²) in [5.74, 6) is 0.709. The van der Waals surface area contributed by atoms with Crippen molar-refractivity contribution in [2.24, 2.45) is 0 Å². The topological polar surface area (TPSA) is 30.7 Å². The van der Waals surface area contributed by atoms with E-state index in [4.69, 9.17) is 9.97 Å². The lowest BCUT2D eigenvalue weighted by atomic mass is 9.81. The Kier molecular flexibility index (Phi) is 8.56. The highest BCUT2D eigenvalue weighted by Crippen LogP contribution is 2.53. The van der Waals surface area contributed by atoms with Gasteiger partial charge in [-0.3, -0.25) is 0 Å². The van der Waals surface area contributed by atoms with E-state index in [-0.39, 0.29) is 5.41 Å². The number of benzene rings is 10. The summed E-state index contributed by atoms with van der Waals surface area (Å²) in [6.07, 6.45) is 0. The number of aromatic nitrogens is 3. The van der Waals surface area contributed by atoms with Crippen molar-refractivity contribution in [3.05, 3.63) is 236 Å². The Labute approximate surface area is 384 Å². The molecule has 1 aliphatic rings. The summed E-state index contributed by atoms with van der Waals surface area (Å²) in [5, 5.41) is 7.33. The van der Waals surface area contributed by atoms with Crippen molar-refractivity contribution in [2.75, 3.05) is 0 Å². The van der Waals surface area contributed by atoms with Gasteiger partial charge in [0.25, 0.3) is 0 Å². The first-order valence-electron chi connectivity index (χ1n) is 22.8. The van der Waals surface area contributed by atoms with Crippen LogP contribution in [0.3, 0.4) is 0 Å². The highest BCUT2D eigenvalue weighted by molar-refractivity contribution is 6.16. The number of fused-ring (bicyclic) bond motifs is 8. The molecule has 3 nitrogen and oxygen atoms in total. The summed E-state index contributed by atoms with van der Waals surface area (Å²) in [6.45, 7) is 4.70. The summed E-state index contributed by atoms with van der Waals surface area (Å²) in [7, 11) is 0. The second kappa shape index (κ2) is 14.8. The zero-order valence-electron chi connectivity index (χ0n) is 36.7. The van der Waals surface area contributed by atoms with Crippen LogP contribution in [-0.4, -0.2) is 14.5 Å². The van der Waals surface area contributed by atoms with Crippen molar-refractivity contribution in [3.63, 3.8) is 0 Å². The maximum atomic E-state index is 5.39. The number of hydrogen-bond donors (Lipinski definition) is 0. The molecule has 66 heavy (non-hydrogen) atoms. The molecule has 0 spiro atoms. The van der Waals surface area contributed by atoms with Gasteiger partial charge in [-0.2, -0.15) is 0 Å². The molecule has 2 aromatic heterocycles. The fourth-order valence-electron chi connectivity index (χ4n) is 10.9. The van der Waals surface area contributed by atoms with Crippen molar-refractivity contribution in [3.8, 4) is 73.0 Å². The Morgan fingerprint density at radius 1 is 0.364 bits per heavy atom. The van der Waals surface area contributed by atoms with Gasteiger partial charge in [0, 0.05) is 38.6 Å². The van der Waals surface area contributed by atoms with E-state index in [1.807, 2.05) is 6.07 Å². The maximum absolute atomic E-state index is 5.39. The van der Waals surface area contributed by atoms with Crippen LogP contribution in [0.5, 0.6) is 0 Å². The lowest BCUT2D eigenvalue weighted by Gasteiger charge is -2.22. The van der Waals surface area contributed by atoms with Gasteiger partial charge in [-0.1, -0.05) is 190 Å². The Morgan fingerprint density at radius 3 is 1.71 bits per heavy atom. The highest BCUT2D eigenvalue weighted by Gasteiger charge is 2.37. The first-order valence-corrected chi connectivity index (χ1v) is 22.8. The van der Waals surface area contributed by atoms with Gasteiger partial charge in [0.05, 0.1) is 22.4 Å². The van der Waals surface area contributed by atoms with E-state index in [9.17, 15) is 0 Å². The smallest absolute Gasteiger partial charge is 0.160 e. The number of para-hydroxylation sites is 2. The molecule has 0 bridgehead atoms. The zero-order valence-corrected chi connectivity index (χ0v) is 36.7. The van der Waals surface area contributed by atoms with Crippen molar-refractivity contribution in [1.82, 2.24) is 14.5 Å². The molecule has 0 N–H and O–H groups in total. The van der Waals surface area contributed by atoms with Crippen molar-refractivity contribution < 1.29 is 0 Å². The fraction of sp³-hybridized carbons (Fsp3) is 0.0476. The molecule has 12 aromatic rings. The van der Waals surface area contributed by atoms with Crippen LogP contribution in [0, 0.1) is 0 Å². The Morgan fingerprint density at radius 2 is 0.924 bits per heavy atom. The summed E-state index contributed by atoms with van der Waals surface area (Å²) >= 11 is 0. The summed E-state index contributed by atoms with van der Waals surface area (Å²) in [5.41, 5.74) is 18.3. The molecule has 1 aliphatic carbocycles. The first kappa shape index (κ1) is 38.1. The predicted molar refractivity (Wildman–Crippen MR) is 276 cm³/mol. The largest absolute Gasteiger partial charge is 0.309 e. The molecular formula is C63H43N3. The lowest BCUT2D eigenvalue weighted by molar-refractivity contribution is 0.661. The third kappa shape index (κ3) is 5.90. The molecular weight excluding hydrogens is 799 g/mol. The van der Waals surface area contributed by atoms with Crippen LogP contribution in [0.15, 0.2) is 224 Å². The molecule has 0 atom stereocenters. The first-order chi connectivity index (χ1) is 32.5. The molecule has 0 unspecified atom stereocenters.